The van der Waals surface area contributed by atoms with Crippen molar-refractivity contribution in [1.29, 1.82) is 5.26 Å². The van der Waals surface area contributed by atoms with Crippen molar-refractivity contribution in [2.24, 2.45) is 0 Å². The highest BCUT2D eigenvalue weighted by Gasteiger charge is 2.21. The van der Waals surface area contributed by atoms with Gasteiger partial charge in [0.1, 0.15) is 0 Å². The van der Waals surface area contributed by atoms with E-state index in [1.807, 2.05) is 30.3 Å². The first-order valence-electron chi connectivity index (χ1n) is 10.2. The highest BCUT2D eigenvalue weighted by Crippen LogP contribution is 2.26. The zero-order valence-corrected chi connectivity index (χ0v) is 18.7. The van der Waals surface area contributed by atoms with Gasteiger partial charge >= 0.3 is 0 Å². The van der Waals surface area contributed by atoms with Crippen LogP contribution in [0.1, 0.15) is 24.0 Å². The Kier molecular flexibility index (Phi) is 8.77. The Morgan fingerprint density at radius 2 is 1.87 bits per heavy atom. The molecule has 31 heavy (non-hydrogen) atoms. The number of thioether (sulfide) groups is 1. The number of carbonyl (C=O) groups excluding carboxylic acids is 2. The Morgan fingerprint density at radius 1 is 1.16 bits per heavy atom. The molecule has 2 aromatic rings. The van der Waals surface area contributed by atoms with Crippen LogP contribution in [0.25, 0.3) is 0 Å². The van der Waals surface area contributed by atoms with Crippen LogP contribution in [-0.4, -0.2) is 48.1 Å². The van der Waals surface area contributed by atoms with Crippen molar-refractivity contribution in [3.05, 3.63) is 64.7 Å². The van der Waals surface area contributed by atoms with Gasteiger partial charge in [-0.2, -0.15) is 5.26 Å². The van der Waals surface area contributed by atoms with Gasteiger partial charge < -0.3 is 15.5 Å². The zero-order valence-electron chi connectivity index (χ0n) is 17.1. The molecule has 6 nitrogen and oxygen atoms in total. The van der Waals surface area contributed by atoms with E-state index in [4.69, 9.17) is 16.9 Å². The largest absolute Gasteiger partial charge is 0.352 e. The van der Waals surface area contributed by atoms with Gasteiger partial charge in [0.05, 0.1) is 29.0 Å². The van der Waals surface area contributed by atoms with Crippen LogP contribution in [0.3, 0.4) is 0 Å². The zero-order chi connectivity index (χ0) is 22.1. The standard InChI is InChI=1S/C23H25ClN4O2S/c24-20-3-1-2-4-21(20)31-16-23(30)28(14-18-7-5-17(13-25)6-8-18)15-22(29)27-19-9-11-26-12-10-19/h1-8,19,26H,9-12,14-16H2,(H,27,29). The molecule has 162 valence electrons. The summed E-state index contributed by atoms with van der Waals surface area (Å²) in [6.45, 7) is 2.06. The molecule has 1 fully saturated rings. The first-order chi connectivity index (χ1) is 15.0. The fourth-order valence-electron chi connectivity index (χ4n) is 3.34. The number of benzene rings is 2. The number of carbonyl (C=O) groups is 2. The van der Waals surface area contributed by atoms with Crippen molar-refractivity contribution in [3.63, 3.8) is 0 Å². The van der Waals surface area contributed by atoms with E-state index in [0.29, 0.717) is 17.1 Å². The Hall–Kier alpha value is -2.53. The van der Waals surface area contributed by atoms with Gasteiger partial charge in [-0.1, -0.05) is 35.9 Å². The van der Waals surface area contributed by atoms with Crippen molar-refractivity contribution in [2.45, 2.75) is 30.3 Å². The molecular weight excluding hydrogens is 432 g/mol. The number of amides is 2. The molecule has 0 saturated carbocycles. The predicted octanol–water partition coefficient (Wildman–Crippen LogP) is 3.20. The number of rotatable bonds is 8. The maximum Gasteiger partial charge on any atom is 0.239 e. The van der Waals surface area contributed by atoms with Crippen LogP contribution >= 0.6 is 23.4 Å². The molecule has 0 radical (unpaired) electrons. The molecule has 2 aromatic carbocycles. The minimum Gasteiger partial charge on any atom is -0.352 e. The normalized spacial score (nSPS) is 13.9. The summed E-state index contributed by atoms with van der Waals surface area (Å²) in [5.41, 5.74) is 1.42. The molecule has 1 saturated heterocycles. The van der Waals surface area contributed by atoms with Gasteiger partial charge in [-0.05, 0) is 55.8 Å². The van der Waals surface area contributed by atoms with Gasteiger partial charge in [0.25, 0.3) is 0 Å². The van der Waals surface area contributed by atoms with Crippen molar-refractivity contribution in [1.82, 2.24) is 15.5 Å². The number of hydrogen-bond acceptors (Lipinski definition) is 5. The monoisotopic (exact) mass is 456 g/mol. The molecule has 1 aliphatic rings. The molecule has 8 heteroatoms. The Bertz CT molecular complexity index is 939. The first-order valence-corrected chi connectivity index (χ1v) is 11.6. The van der Waals surface area contributed by atoms with E-state index < -0.39 is 0 Å². The molecule has 0 aliphatic carbocycles. The molecule has 1 heterocycles. The van der Waals surface area contributed by atoms with Gasteiger partial charge in [-0.15, -0.1) is 11.8 Å². The number of nitriles is 1. The Labute approximate surface area is 191 Å². The second-order valence-electron chi connectivity index (χ2n) is 7.37. The average Bonchev–Trinajstić information content (AvgIpc) is 2.79. The van der Waals surface area contributed by atoms with E-state index in [2.05, 4.69) is 16.7 Å². The van der Waals surface area contributed by atoms with Crippen molar-refractivity contribution in [2.75, 3.05) is 25.4 Å². The van der Waals surface area contributed by atoms with Crippen LogP contribution < -0.4 is 10.6 Å². The van der Waals surface area contributed by atoms with E-state index >= 15 is 0 Å². The van der Waals surface area contributed by atoms with E-state index in [9.17, 15) is 9.59 Å². The maximum absolute atomic E-state index is 13.0. The molecule has 3 rings (SSSR count). The molecule has 0 aromatic heterocycles. The summed E-state index contributed by atoms with van der Waals surface area (Å²) in [5, 5.41) is 15.9. The van der Waals surface area contributed by atoms with E-state index in [1.54, 1.807) is 23.1 Å². The number of halogens is 1. The fraction of sp³-hybridized carbons (Fsp3) is 0.348. The van der Waals surface area contributed by atoms with E-state index in [1.165, 1.54) is 11.8 Å². The fourth-order valence-corrected chi connectivity index (χ4v) is 4.48. The van der Waals surface area contributed by atoms with Crippen LogP contribution in [0.15, 0.2) is 53.4 Å². The van der Waals surface area contributed by atoms with Gasteiger partial charge in [0.2, 0.25) is 11.8 Å². The minimum absolute atomic E-state index is 0.00809. The summed E-state index contributed by atoms with van der Waals surface area (Å²) in [6, 6.07) is 16.6. The predicted molar refractivity (Wildman–Crippen MR) is 123 cm³/mol. The molecule has 0 unspecified atom stereocenters. The molecule has 2 amide bonds. The molecule has 0 bridgehead atoms. The lowest BCUT2D eigenvalue weighted by Crippen LogP contribution is -2.47. The molecule has 0 atom stereocenters. The van der Waals surface area contributed by atoms with Crippen LogP contribution in [-0.2, 0) is 16.1 Å². The third kappa shape index (κ3) is 7.28. The SMILES string of the molecule is N#Cc1ccc(CN(CC(=O)NC2CCNCC2)C(=O)CSc2ccccc2Cl)cc1. The van der Waals surface area contributed by atoms with Crippen LogP contribution in [0.4, 0.5) is 0 Å². The first kappa shape index (κ1) is 23.1. The lowest BCUT2D eigenvalue weighted by atomic mass is 10.1. The van der Waals surface area contributed by atoms with E-state index in [-0.39, 0.29) is 30.2 Å². The van der Waals surface area contributed by atoms with E-state index in [0.717, 1.165) is 36.4 Å². The summed E-state index contributed by atoms with van der Waals surface area (Å²) in [4.78, 5) is 28.0. The van der Waals surface area contributed by atoms with Crippen LogP contribution in [0, 0.1) is 11.3 Å². The number of nitrogens with zero attached hydrogens (tertiary/aromatic N) is 2. The van der Waals surface area contributed by atoms with Crippen LogP contribution in [0.5, 0.6) is 0 Å². The highest BCUT2D eigenvalue weighted by atomic mass is 35.5. The average molecular weight is 457 g/mol. The number of piperidine rings is 1. The summed E-state index contributed by atoms with van der Waals surface area (Å²) in [5.74, 6) is -0.118. The van der Waals surface area contributed by atoms with Gasteiger partial charge in [0, 0.05) is 17.5 Å². The summed E-state index contributed by atoms with van der Waals surface area (Å²) >= 11 is 7.55. The quantitative estimate of drug-likeness (QED) is 0.596. The number of nitrogens with one attached hydrogen (secondary N) is 2. The Morgan fingerprint density at radius 3 is 2.55 bits per heavy atom. The molecule has 2 N–H and O–H groups in total. The summed E-state index contributed by atoms with van der Waals surface area (Å²) < 4.78 is 0. The van der Waals surface area contributed by atoms with Crippen LogP contribution in [0.2, 0.25) is 5.02 Å². The minimum atomic E-state index is -0.156. The topological polar surface area (TPSA) is 85.2 Å². The van der Waals surface area contributed by atoms with Crippen molar-refractivity contribution < 1.29 is 9.59 Å². The number of hydrogen-bond donors (Lipinski definition) is 2. The lowest BCUT2D eigenvalue weighted by Gasteiger charge is -2.26. The highest BCUT2D eigenvalue weighted by molar-refractivity contribution is 8.00. The van der Waals surface area contributed by atoms with Crippen molar-refractivity contribution >= 4 is 35.2 Å². The second-order valence-corrected chi connectivity index (χ2v) is 8.79. The van der Waals surface area contributed by atoms with Gasteiger partial charge in [0.15, 0.2) is 0 Å². The third-order valence-corrected chi connectivity index (χ3v) is 6.54. The smallest absolute Gasteiger partial charge is 0.239 e. The lowest BCUT2D eigenvalue weighted by molar-refractivity contribution is -0.134. The van der Waals surface area contributed by atoms with Gasteiger partial charge in [-0.25, -0.2) is 0 Å². The molecular formula is C23H25ClN4O2S. The molecule has 1 aliphatic heterocycles. The van der Waals surface area contributed by atoms with Crippen molar-refractivity contribution in [3.8, 4) is 6.07 Å². The van der Waals surface area contributed by atoms with Gasteiger partial charge in [-0.3, -0.25) is 9.59 Å². The summed E-state index contributed by atoms with van der Waals surface area (Å²) in [7, 11) is 0. The summed E-state index contributed by atoms with van der Waals surface area (Å²) in [6.07, 6.45) is 1.77. The Balaban J connectivity index is 1.65. The second kappa shape index (κ2) is 11.8. The molecule has 0 spiro atoms. The maximum atomic E-state index is 13.0. The third-order valence-electron chi connectivity index (χ3n) is 5.04.